The van der Waals surface area contributed by atoms with Crippen LogP contribution in [-0.4, -0.2) is 33.3 Å². The van der Waals surface area contributed by atoms with E-state index in [9.17, 15) is 9.59 Å². The summed E-state index contributed by atoms with van der Waals surface area (Å²) >= 11 is 0. The number of hydrogen-bond acceptors (Lipinski definition) is 5. The third-order valence-electron chi connectivity index (χ3n) is 6.32. The maximum Gasteiger partial charge on any atom is 0.408 e. The molecule has 7 heteroatoms. The van der Waals surface area contributed by atoms with Crippen LogP contribution in [0.3, 0.4) is 0 Å². The molecular formula is C31H43N3O4. The Morgan fingerprint density at radius 2 is 1.63 bits per heavy atom. The molecule has 0 fully saturated rings. The van der Waals surface area contributed by atoms with E-state index in [0.717, 1.165) is 35.4 Å². The fourth-order valence-corrected chi connectivity index (χ4v) is 4.42. The van der Waals surface area contributed by atoms with Crippen LogP contribution < -0.4 is 5.32 Å². The van der Waals surface area contributed by atoms with Gasteiger partial charge in [-0.1, -0.05) is 81.5 Å². The van der Waals surface area contributed by atoms with Crippen LogP contribution >= 0.6 is 0 Å². The lowest BCUT2D eigenvalue weighted by atomic mass is 10.1. The number of aryl methyl sites for hydroxylation is 2. The van der Waals surface area contributed by atoms with Crippen molar-refractivity contribution in [3.05, 3.63) is 66.0 Å². The van der Waals surface area contributed by atoms with E-state index < -0.39 is 23.7 Å². The lowest BCUT2D eigenvalue weighted by Crippen LogP contribution is -2.44. The van der Waals surface area contributed by atoms with Crippen LogP contribution in [0.4, 0.5) is 4.79 Å². The Bertz CT molecular complexity index is 1150. The molecular weight excluding hydrogens is 478 g/mol. The third-order valence-corrected chi connectivity index (χ3v) is 6.32. The van der Waals surface area contributed by atoms with Crippen molar-refractivity contribution in [1.82, 2.24) is 14.9 Å². The Kier molecular flexibility index (Phi) is 11.2. The largest absolute Gasteiger partial charge is 0.459 e. The number of nitrogens with zero attached hydrogens (tertiary/aromatic N) is 2. The van der Waals surface area contributed by atoms with Crippen LogP contribution in [-0.2, 0) is 33.8 Å². The van der Waals surface area contributed by atoms with Crippen molar-refractivity contribution in [3.8, 4) is 0 Å². The fraction of sp³-hybridized carbons (Fsp3) is 0.516. The second kappa shape index (κ2) is 14.6. The number of nitrogens with one attached hydrogen (secondary N) is 1. The molecule has 1 atom stereocenters. The van der Waals surface area contributed by atoms with Crippen LogP contribution in [0.1, 0.15) is 84.0 Å². The fourth-order valence-electron chi connectivity index (χ4n) is 4.42. The zero-order valence-electron chi connectivity index (χ0n) is 23.4. The molecule has 0 bridgehead atoms. The number of rotatable bonds is 14. The molecule has 3 aromatic rings. The molecule has 0 aliphatic carbocycles. The predicted octanol–water partition coefficient (Wildman–Crippen LogP) is 6.97. The van der Waals surface area contributed by atoms with E-state index in [1.165, 1.54) is 32.1 Å². The molecule has 3 rings (SSSR count). The van der Waals surface area contributed by atoms with Gasteiger partial charge >= 0.3 is 12.1 Å². The van der Waals surface area contributed by atoms with E-state index in [4.69, 9.17) is 14.5 Å². The van der Waals surface area contributed by atoms with Gasteiger partial charge < -0.3 is 19.4 Å². The number of carbonyl (C=O) groups is 2. The van der Waals surface area contributed by atoms with Crippen molar-refractivity contribution in [2.45, 2.75) is 104 Å². The summed E-state index contributed by atoms with van der Waals surface area (Å²) < 4.78 is 13.3. The van der Waals surface area contributed by atoms with Crippen LogP contribution in [0, 0.1) is 0 Å². The summed E-state index contributed by atoms with van der Waals surface area (Å²) in [6.45, 7) is 8.62. The average Bonchev–Trinajstić information content (AvgIpc) is 3.24. The number of carbonyl (C=O) groups excluding carboxylic acids is 2. The van der Waals surface area contributed by atoms with Crippen molar-refractivity contribution in [1.29, 1.82) is 0 Å². The minimum atomic E-state index is -0.851. The highest BCUT2D eigenvalue weighted by Crippen LogP contribution is 2.20. The highest BCUT2D eigenvalue weighted by Gasteiger charge is 2.26. The Labute approximate surface area is 226 Å². The van der Waals surface area contributed by atoms with Gasteiger partial charge in [0, 0.05) is 13.0 Å². The Balaban J connectivity index is 1.70. The zero-order valence-corrected chi connectivity index (χ0v) is 23.4. The molecule has 1 N–H and O–H groups in total. The summed E-state index contributed by atoms with van der Waals surface area (Å²) in [5.41, 5.74) is 2.25. The molecule has 7 nitrogen and oxygen atoms in total. The molecule has 1 aromatic heterocycles. The minimum absolute atomic E-state index is 0.142. The number of para-hydroxylation sites is 2. The summed E-state index contributed by atoms with van der Waals surface area (Å²) in [7, 11) is 0. The Hall–Kier alpha value is -3.35. The van der Waals surface area contributed by atoms with Gasteiger partial charge in [0.05, 0.1) is 11.0 Å². The summed E-state index contributed by atoms with van der Waals surface area (Å²) in [6.07, 6.45) is 7.53. The summed E-state index contributed by atoms with van der Waals surface area (Å²) in [5, 5.41) is 2.73. The van der Waals surface area contributed by atoms with E-state index in [-0.39, 0.29) is 6.61 Å². The monoisotopic (exact) mass is 521 g/mol. The Morgan fingerprint density at radius 3 is 2.37 bits per heavy atom. The molecule has 0 aliphatic heterocycles. The van der Waals surface area contributed by atoms with E-state index in [0.29, 0.717) is 12.8 Å². The number of aromatic nitrogens is 2. The standard InChI is InChI=1S/C31H43N3O4/c1-5-6-7-8-9-15-22-34-27-19-14-13-18-25(27)32-28(34)21-20-26(33-30(36)38-31(2,3)4)29(35)37-23-24-16-11-10-12-17-24/h10-14,16-19,26H,5-9,15,20-23H2,1-4H3,(H,33,36). The van der Waals surface area contributed by atoms with E-state index >= 15 is 0 Å². The van der Waals surface area contributed by atoms with Crippen molar-refractivity contribution >= 4 is 23.1 Å². The van der Waals surface area contributed by atoms with Gasteiger partial charge in [-0.2, -0.15) is 0 Å². The first-order valence-electron chi connectivity index (χ1n) is 13.9. The highest BCUT2D eigenvalue weighted by atomic mass is 16.6. The maximum absolute atomic E-state index is 13.1. The van der Waals surface area contributed by atoms with Crippen molar-refractivity contribution in [2.75, 3.05) is 0 Å². The number of ether oxygens (including phenoxy) is 2. The first kappa shape index (κ1) is 29.2. The normalized spacial score (nSPS) is 12.3. The molecule has 0 radical (unpaired) electrons. The number of fused-ring (bicyclic) bond motifs is 1. The number of benzene rings is 2. The van der Waals surface area contributed by atoms with Gasteiger partial charge in [-0.05, 0) is 51.3 Å². The number of imidazole rings is 1. The molecule has 1 unspecified atom stereocenters. The molecule has 1 amide bonds. The van der Waals surface area contributed by atoms with E-state index in [2.05, 4.69) is 22.9 Å². The lowest BCUT2D eigenvalue weighted by molar-refractivity contribution is -0.147. The molecule has 0 spiro atoms. The summed E-state index contributed by atoms with van der Waals surface area (Å²) in [5.74, 6) is 0.421. The molecule has 1 heterocycles. The third kappa shape index (κ3) is 9.51. The van der Waals surface area contributed by atoms with Crippen LogP contribution in [0.25, 0.3) is 11.0 Å². The van der Waals surface area contributed by atoms with E-state index in [1.54, 1.807) is 20.8 Å². The van der Waals surface area contributed by atoms with Gasteiger partial charge in [0.2, 0.25) is 0 Å². The smallest absolute Gasteiger partial charge is 0.408 e. The summed E-state index contributed by atoms with van der Waals surface area (Å²) in [6, 6.07) is 16.8. The van der Waals surface area contributed by atoms with Crippen molar-refractivity contribution in [2.24, 2.45) is 0 Å². The first-order chi connectivity index (χ1) is 18.3. The van der Waals surface area contributed by atoms with Crippen molar-refractivity contribution in [3.63, 3.8) is 0 Å². The predicted molar refractivity (Wildman–Crippen MR) is 151 cm³/mol. The summed E-state index contributed by atoms with van der Waals surface area (Å²) in [4.78, 5) is 30.5. The number of alkyl carbamates (subject to hydrolysis) is 1. The molecule has 2 aromatic carbocycles. The first-order valence-corrected chi connectivity index (χ1v) is 13.9. The van der Waals surface area contributed by atoms with Crippen LogP contribution in [0.15, 0.2) is 54.6 Å². The average molecular weight is 522 g/mol. The zero-order chi connectivity index (χ0) is 27.4. The van der Waals surface area contributed by atoms with Gasteiger partial charge in [0.25, 0.3) is 0 Å². The van der Waals surface area contributed by atoms with Gasteiger partial charge in [-0.3, -0.25) is 0 Å². The topological polar surface area (TPSA) is 82.5 Å². The molecule has 0 saturated carbocycles. The van der Waals surface area contributed by atoms with Gasteiger partial charge in [-0.25, -0.2) is 14.6 Å². The van der Waals surface area contributed by atoms with Crippen LogP contribution in [0.5, 0.6) is 0 Å². The number of esters is 1. The minimum Gasteiger partial charge on any atom is -0.459 e. The number of amides is 1. The van der Waals surface area contributed by atoms with Gasteiger partial charge in [0.1, 0.15) is 24.1 Å². The number of hydrogen-bond donors (Lipinski definition) is 1. The van der Waals surface area contributed by atoms with Gasteiger partial charge in [0.15, 0.2) is 0 Å². The molecule has 38 heavy (non-hydrogen) atoms. The Morgan fingerprint density at radius 1 is 0.947 bits per heavy atom. The number of unbranched alkanes of at least 4 members (excludes halogenated alkanes) is 5. The maximum atomic E-state index is 13.1. The molecule has 0 aliphatic rings. The highest BCUT2D eigenvalue weighted by molar-refractivity contribution is 5.81. The second-order valence-corrected chi connectivity index (χ2v) is 10.8. The van der Waals surface area contributed by atoms with Crippen molar-refractivity contribution < 1.29 is 19.1 Å². The quantitative estimate of drug-likeness (QED) is 0.183. The van der Waals surface area contributed by atoms with E-state index in [1.807, 2.05) is 48.5 Å². The van der Waals surface area contributed by atoms with Gasteiger partial charge in [-0.15, -0.1) is 0 Å². The SMILES string of the molecule is CCCCCCCCn1c(CCC(NC(=O)OC(C)(C)C)C(=O)OCc2ccccc2)nc2ccccc21. The second-order valence-electron chi connectivity index (χ2n) is 10.8. The molecule has 0 saturated heterocycles. The van der Waals surface area contributed by atoms with Crippen LogP contribution in [0.2, 0.25) is 0 Å². The lowest BCUT2D eigenvalue weighted by Gasteiger charge is -2.23. The molecule has 206 valence electrons.